The molecule has 0 N–H and O–H groups in total. The number of hydrogen-bond acceptors (Lipinski definition) is 1. The van der Waals surface area contributed by atoms with Crippen molar-refractivity contribution in [2.24, 2.45) is 5.92 Å². The summed E-state index contributed by atoms with van der Waals surface area (Å²) in [6.07, 6.45) is 2.61. The second kappa shape index (κ2) is 3.86. The van der Waals surface area contributed by atoms with Crippen molar-refractivity contribution in [2.45, 2.75) is 38.6 Å². The van der Waals surface area contributed by atoms with Crippen molar-refractivity contribution in [2.75, 3.05) is 6.66 Å². The van der Waals surface area contributed by atoms with Crippen LogP contribution in [0.25, 0.3) is 0 Å². The van der Waals surface area contributed by atoms with Gasteiger partial charge in [-0.25, -0.2) is 4.39 Å². The van der Waals surface area contributed by atoms with E-state index in [1.54, 1.807) is 6.92 Å². The highest BCUT2D eigenvalue weighted by Crippen LogP contribution is 2.40. The molecule has 15 heavy (non-hydrogen) atoms. The lowest BCUT2D eigenvalue weighted by molar-refractivity contribution is 0.308. The SMILES string of the molecule is CPC(C)(F)c1cc(C)n(CC2CC2)n1. The number of rotatable bonds is 4. The van der Waals surface area contributed by atoms with Crippen LogP contribution >= 0.6 is 8.58 Å². The predicted octanol–water partition coefficient (Wildman–Crippen LogP) is 3.05. The molecule has 2 atom stereocenters. The molecule has 1 aliphatic rings. The fraction of sp³-hybridized carbons (Fsp3) is 0.727. The number of aryl methyl sites for hydroxylation is 1. The molecule has 2 rings (SSSR count). The third-order valence-corrected chi connectivity index (χ3v) is 4.25. The highest BCUT2D eigenvalue weighted by molar-refractivity contribution is 7.38. The summed E-state index contributed by atoms with van der Waals surface area (Å²) >= 11 is 0. The van der Waals surface area contributed by atoms with Crippen LogP contribution in [-0.4, -0.2) is 16.4 Å². The molecule has 0 saturated heterocycles. The van der Waals surface area contributed by atoms with E-state index in [1.165, 1.54) is 12.8 Å². The molecule has 1 saturated carbocycles. The van der Waals surface area contributed by atoms with E-state index in [0.29, 0.717) is 5.69 Å². The van der Waals surface area contributed by atoms with Gasteiger partial charge < -0.3 is 0 Å². The van der Waals surface area contributed by atoms with E-state index in [0.717, 1.165) is 18.2 Å². The molecule has 2 unspecified atom stereocenters. The zero-order valence-electron chi connectivity index (χ0n) is 9.55. The second-order valence-electron chi connectivity index (χ2n) is 4.55. The first-order valence-electron chi connectivity index (χ1n) is 5.45. The Morgan fingerprint density at radius 3 is 2.87 bits per heavy atom. The van der Waals surface area contributed by atoms with E-state index >= 15 is 0 Å². The molecule has 2 nitrogen and oxygen atoms in total. The largest absolute Gasteiger partial charge is 0.269 e. The van der Waals surface area contributed by atoms with Crippen molar-refractivity contribution in [3.05, 3.63) is 17.5 Å². The lowest BCUT2D eigenvalue weighted by Gasteiger charge is -2.14. The minimum atomic E-state index is -1.25. The summed E-state index contributed by atoms with van der Waals surface area (Å²) < 4.78 is 16.0. The second-order valence-corrected chi connectivity index (χ2v) is 5.99. The highest BCUT2D eigenvalue weighted by atomic mass is 31.1. The third kappa shape index (κ3) is 2.39. The van der Waals surface area contributed by atoms with Crippen LogP contribution in [0, 0.1) is 12.8 Å². The van der Waals surface area contributed by atoms with E-state index in [9.17, 15) is 4.39 Å². The molecule has 84 valence electrons. The van der Waals surface area contributed by atoms with E-state index in [2.05, 4.69) is 5.10 Å². The molecule has 0 spiro atoms. The molecule has 0 radical (unpaired) electrons. The molecule has 0 bridgehead atoms. The molecular formula is C11H18FN2P. The molecule has 0 amide bonds. The smallest absolute Gasteiger partial charge is 0.166 e. The van der Waals surface area contributed by atoms with E-state index in [1.807, 2.05) is 24.3 Å². The first kappa shape index (κ1) is 11.1. The Labute approximate surface area is 92.0 Å². The molecule has 0 aromatic carbocycles. The van der Waals surface area contributed by atoms with Crippen molar-refractivity contribution in [1.82, 2.24) is 9.78 Å². The Hall–Kier alpha value is -0.430. The standard InChI is InChI=1S/C11H18FN2P/c1-8-6-10(11(2,12)15-3)13-14(8)7-9-4-5-9/h6,9,15H,4-5,7H2,1-3H3. The summed E-state index contributed by atoms with van der Waals surface area (Å²) in [4.78, 5) is 0. The summed E-state index contributed by atoms with van der Waals surface area (Å²) in [5, 5.41) is 3.13. The normalized spacial score (nSPS) is 21.1. The quantitative estimate of drug-likeness (QED) is 0.724. The zero-order chi connectivity index (χ0) is 11.1. The maximum atomic E-state index is 14.0. The van der Waals surface area contributed by atoms with Gasteiger partial charge in [0.15, 0.2) is 5.41 Å². The van der Waals surface area contributed by atoms with Gasteiger partial charge >= 0.3 is 0 Å². The Morgan fingerprint density at radius 1 is 1.67 bits per heavy atom. The molecule has 1 aromatic rings. The van der Waals surface area contributed by atoms with Crippen LogP contribution in [0.5, 0.6) is 0 Å². The molecule has 0 aliphatic heterocycles. The lowest BCUT2D eigenvalue weighted by atomic mass is 10.3. The van der Waals surface area contributed by atoms with Crippen molar-refractivity contribution < 1.29 is 4.39 Å². The number of nitrogens with zero attached hydrogens (tertiary/aromatic N) is 2. The number of hydrogen-bond donors (Lipinski definition) is 0. The van der Waals surface area contributed by atoms with Crippen LogP contribution in [-0.2, 0) is 12.0 Å². The van der Waals surface area contributed by atoms with Crippen LogP contribution in [0.1, 0.15) is 31.2 Å². The summed E-state index contributed by atoms with van der Waals surface area (Å²) in [6.45, 7) is 6.48. The first-order valence-corrected chi connectivity index (χ1v) is 6.95. The van der Waals surface area contributed by atoms with Gasteiger partial charge in [-0.1, -0.05) is 8.58 Å². The Bertz CT molecular complexity index is 355. The van der Waals surface area contributed by atoms with Gasteiger partial charge in [0.2, 0.25) is 0 Å². The number of aromatic nitrogens is 2. The Morgan fingerprint density at radius 2 is 2.33 bits per heavy atom. The molecule has 1 aliphatic carbocycles. The van der Waals surface area contributed by atoms with Crippen LogP contribution in [0.2, 0.25) is 0 Å². The molecular weight excluding hydrogens is 210 g/mol. The fourth-order valence-electron chi connectivity index (χ4n) is 1.60. The van der Waals surface area contributed by atoms with Crippen molar-refractivity contribution in [3.8, 4) is 0 Å². The summed E-state index contributed by atoms with van der Waals surface area (Å²) in [7, 11) is 0.241. The van der Waals surface area contributed by atoms with Gasteiger partial charge in [0, 0.05) is 12.2 Å². The van der Waals surface area contributed by atoms with Crippen molar-refractivity contribution in [1.29, 1.82) is 0 Å². The van der Waals surface area contributed by atoms with E-state index < -0.39 is 5.41 Å². The maximum absolute atomic E-state index is 14.0. The predicted molar refractivity (Wildman–Crippen MR) is 62.4 cm³/mol. The van der Waals surface area contributed by atoms with Gasteiger partial charge in [0.1, 0.15) is 5.69 Å². The zero-order valence-corrected chi connectivity index (χ0v) is 10.5. The maximum Gasteiger partial charge on any atom is 0.166 e. The number of halogens is 1. The van der Waals surface area contributed by atoms with Gasteiger partial charge in [-0.2, -0.15) is 5.10 Å². The average molecular weight is 228 g/mol. The van der Waals surface area contributed by atoms with Crippen LogP contribution in [0.4, 0.5) is 4.39 Å². The monoisotopic (exact) mass is 228 g/mol. The minimum absolute atomic E-state index is 0.241. The minimum Gasteiger partial charge on any atom is -0.269 e. The van der Waals surface area contributed by atoms with E-state index in [-0.39, 0.29) is 8.58 Å². The summed E-state index contributed by atoms with van der Waals surface area (Å²) in [6, 6.07) is 1.89. The van der Waals surface area contributed by atoms with Gasteiger partial charge in [-0.3, -0.25) is 4.68 Å². The van der Waals surface area contributed by atoms with E-state index in [4.69, 9.17) is 0 Å². The Balaban J connectivity index is 2.19. The van der Waals surface area contributed by atoms with Crippen molar-refractivity contribution in [3.63, 3.8) is 0 Å². The van der Waals surface area contributed by atoms with Gasteiger partial charge in [0.05, 0.1) is 0 Å². The fourth-order valence-corrected chi connectivity index (χ4v) is 1.98. The third-order valence-electron chi connectivity index (χ3n) is 3.06. The van der Waals surface area contributed by atoms with Crippen LogP contribution < -0.4 is 0 Å². The summed E-state index contributed by atoms with van der Waals surface area (Å²) in [5.74, 6) is 0.784. The van der Waals surface area contributed by atoms with Crippen molar-refractivity contribution >= 4 is 8.58 Å². The Kier molecular flexibility index (Phi) is 2.85. The molecule has 1 heterocycles. The summed E-state index contributed by atoms with van der Waals surface area (Å²) in [5.41, 5.74) is 1.68. The molecule has 1 aromatic heterocycles. The van der Waals surface area contributed by atoms with Crippen LogP contribution in [0.15, 0.2) is 6.07 Å². The topological polar surface area (TPSA) is 17.8 Å². The highest BCUT2D eigenvalue weighted by Gasteiger charge is 2.29. The average Bonchev–Trinajstić information content (AvgIpc) is 2.91. The molecule has 4 heteroatoms. The van der Waals surface area contributed by atoms with Crippen LogP contribution in [0.3, 0.4) is 0 Å². The first-order chi connectivity index (χ1) is 7.03. The van der Waals surface area contributed by atoms with Gasteiger partial charge in [-0.05, 0) is 45.3 Å². The molecule has 1 fully saturated rings. The number of alkyl halides is 1. The van der Waals surface area contributed by atoms with Gasteiger partial charge in [-0.15, -0.1) is 0 Å². The lowest BCUT2D eigenvalue weighted by Crippen LogP contribution is -2.10. The van der Waals surface area contributed by atoms with Gasteiger partial charge in [0.25, 0.3) is 0 Å².